The Balaban J connectivity index is 1.76. The number of carbonyl (C=O) groups excluding carboxylic acids is 2. The van der Waals surface area contributed by atoms with Crippen molar-refractivity contribution in [2.45, 2.75) is 6.61 Å². The summed E-state index contributed by atoms with van der Waals surface area (Å²) >= 11 is 0. The van der Waals surface area contributed by atoms with Gasteiger partial charge in [0, 0.05) is 12.1 Å². The zero-order valence-corrected chi connectivity index (χ0v) is 16.2. The number of urea groups is 1. The molecule has 11 heteroatoms. The van der Waals surface area contributed by atoms with Crippen LogP contribution in [0.2, 0.25) is 0 Å². The Morgan fingerprint density at radius 2 is 2.00 bits per heavy atom. The van der Waals surface area contributed by atoms with E-state index in [1.54, 1.807) is 30.3 Å². The lowest BCUT2D eigenvalue weighted by Crippen LogP contribution is -2.35. The van der Waals surface area contributed by atoms with Gasteiger partial charge in [0.25, 0.3) is 11.6 Å². The highest BCUT2D eigenvalue weighted by Crippen LogP contribution is 2.30. The van der Waals surface area contributed by atoms with Crippen LogP contribution < -0.4 is 14.8 Å². The monoisotopic (exact) mass is 427 g/mol. The Kier molecular flexibility index (Phi) is 6.15. The lowest BCUT2D eigenvalue weighted by Gasteiger charge is -2.11. The van der Waals surface area contributed by atoms with E-state index in [4.69, 9.17) is 14.6 Å². The molecule has 1 saturated heterocycles. The first-order chi connectivity index (χ1) is 14.8. The molecule has 1 aliphatic rings. The molecule has 2 N–H and O–H groups in total. The number of imide groups is 1. The van der Waals surface area contributed by atoms with E-state index < -0.39 is 29.4 Å². The number of benzene rings is 2. The molecule has 3 rings (SSSR count). The maximum Gasteiger partial charge on any atom is 0.329 e. The Morgan fingerprint density at radius 1 is 1.23 bits per heavy atom. The average molecular weight is 427 g/mol. The predicted molar refractivity (Wildman–Crippen MR) is 106 cm³/mol. The average Bonchev–Trinajstić information content (AvgIpc) is 2.99. The van der Waals surface area contributed by atoms with Crippen LogP contribution in [0, 0.1) is 10.1 Å². The van der Waals surface area contributed by atoms with Crippen molar-refractivity contribution < 1.29 is 33.9 Å². The van der Waals surface area contributed by atoms with Gasteiger partial charge in [-0.1, -0.05) is 18.2 Å². The molecule has 1 aliphatic heterocycles. The predicted octanol–water partition coefficient (Wildman–Crippen LogP) is 2.16. The van der Waals surface area contributed by atoms with Gasteiger partial charge in [0.05, 0.1) is 12.0 Å². The molecule has 0 bridgehead atoms. The van der Waals surface area contributed by atoms with Gasteiger partial charge in [-0.2, -0.15) is 0 Å². The third-order valence-electron chi connectivity index (χ3n) is 4.27. The van der Waals surface area contributed by atoms with E-state index in [0.29, 0.717) is 27.5 Å². The summed E-state index contributed by atoms with van der Waals surface area (Å²) in [6.07, 6.45) is 1.38. The van der Waals surface area contributed by atoms with Gasteiger partial charge in [0.2, 0.25) is 0 Å². The molecule has 11 nitrogen and oxygen atoms in total. The van der Waals surface area contributed by atoms with Gasteiger partial charge in [-0.05, 0) is 29.3 Å². The minimum Gasteiger partial charge on any atom is -0.493 e. The van der Waals surface area contributed by atoms with Crippen molar-refractivity contribution >= 4 is 29.7 Å². The van der Waals surface area contributed by atoms with E-state index in [0.717, 1.165) is 0 Å². The number of nitro benzene ring substituents is 1. The maximum absolute atomic E-state index is 12.2. The summed E-state index contributed by atoms with van der Waals surface area (Å²) in [6.45, 7) is -0.674. The van der Waals surface area contributed by atoms with Gasteiger partial charge in [-0.25, -0.2) is 9.69 Å². The maximum atomic E-state index is 12.2. The van der Waals surface area contributed by atoms with Crippen LogP contribution in [0.4, 0.5) is 10.5 Å². The Bertz CT molecular complexity index is 1100. The summed E-state index contributed by atoms with van der Waals surface area (Å²) < 4.78 is 11.0. The molecule has 0 aliphatic carbocycles. The molecule has 0 spiro atoms. The van der Waals surface area contributed by atoms with E-state index in [9.17, 15) is 24.5 Å². The fourth-order valence-corrected chi connectivity index (χ4v) is 2.83. The van der Waals surface area contributed by atoms with Gasteiger partial charge in [0.15, 0.2) is 11.5 Å². The quantitative estimate of drug-likeness (QED) is 0.282. The smallest absolute Gasteiger partial charge is 0.329 e. The number of carboxylic acids is 1. The third-order valence-corrected chi connectivity index (χ3v) is 4.27. The molecule has 2 aromatic rings. The van der Waals surface area contributed by atoms with Crippen LogP contribution in [0.5, 0.6) is 11.5 Å². The third kappa shape index (κ3) is 4.96. The number of carboxylic acid groups (broad SMARTS) is 1. The number of rotatable bonds is 8. The highest BCUT2D eigenvalue weighted by Gasteiger charge is 2.34. The van der Waals surface area contributed by atoms with Crippen molar-refractivity contribution in [3.8, 4) is 11.5 Å². The number of amides is 3. The lowest BCUT2D eigenvalue weighted by molar-refractivity contribution is -0.384. The second kappa shape index (κ2) is 8.95. The summed E-state index contributed by atoms with van der Waals surface area (Å²) in [4.78, 5) is 45.8. The van der Waals surface area contributed by atoms with Crippen LogP contribution in [0.15, 0.2) is 48.2 Å². The second-order valence-electron chi connectivity index (χ2n) is 6.40. The molecular formula is C20H17N3O8. The van der Waals surface area contributed by atoms with Gasteiger partial charge in [0.1, 0.15) is 18.8 Å². The summed E-state index contributed by atoms with van der Waals surface area (Å²) in [7, 11) is 1.42. The van der Waals surface area contributed by atoms with Gasteiger partial charge >= 0.3 is 12.0 Å². The fraction of sp³-hybridized carbons (Fsp3) is 0.150. The molecule has 0 radical (unpaired) electrons. The Labute approximate surface area is 175 Å². The summed E-state index contributed by atoms with van der Waals surface area (Å²) in [5, 5.41) is 22.0. The molecule has 2 aromatic carbocycles. The second-order valence-corrected chi connectivity index (χ2v) is 6.40. The van der Waals surface area contributed by atoms with E-state index in [2.05, 4.69) is 5.32 Å². The van der Waals surface area contributed by atoms with E-state index >= 15 is 0 Å². The number of ether oxygens (including phenoxy) is 2. The van der Waals surface area contributed by atoms with Gasteiger partial charge < -0.3 is 19.9 Å². The van der Waals surface area contributed by atoms with Crippen molar-refractivity contribution in [3.05, 3.63) is 69.4 Å². The molecule has 0 unspecified atom stereocenters. The van der Waals surface area contributed by atoms with Crippen LogP contribution >= 0.6 is 0 Å². The van der Waals surface area contributed by atoms with E-state index in [1.165, 1.54) is 25.3 Å². The van der Waals surface area contributed by atoms with Crippen LogP contribution in [0.25, 0.3) is 6.08 Å². The van der Waals surface area contributed by atoms with E-state index in [1.807, 2.05) is 0 Å². The normalized spacial score (nSPS) is 14.5. The largest absolute Gasteiger partial charge is 0.493 e. The fourth-order valence-electron chi connectivity index (χ4n) is 2.83. The number of nitrogens with one attached hydrogen (secondary N) is 1. The number of carbonyl (C=O) groups is 3. The number of nitro groups is 1. The van der Waals surface area contributed by atoms with Crippen LogP contribution in [-0.2, 0) is 16.2 Å². The van der Waals surface area contributed by atoms with Crippen molar-refractivity contribution in [2.75, 3.05) is 13.7 Å². The topological polar surface area (TPSA) is 148 Å². The number of methoxy groups -OCH3 is 1. The minimum absolute atomic E-state index is 0.0461. The highest BCUT2D eigenvalue weighted by atomic mass is 16.6. The van der Waals surface area contributed by atoms with Crippen molar-refractivity contribution in [3.63, 3.8) is 0 Å². The Hall–Kier alpha value is -4.41. The molecule has 0 atom stereocenters. The van der Waals surface area contributed by atoms with Gasteiger partial charge in [-0.3, -0.25) is 19.7 Å². The molecule has 31 heavy (non-hydrogen) atoms. The molecule has 160 valence electrons. The summed E-state index contributed by atoms with van der Waals surface area (Å²) in [5.41, 5.74) is 0.981. The SMILES string of the molecule is COc1cc(/C=C2/NC(=O)N(CC(=O)O)C2=O)ccc1OCc1cccc([N+](=O)[O-])c1. The number of nitrogens with zero attached hydrogens (tertiary/aromatic N) is 2. The number of non-ortho nitro benzene ring substituents is 1. The molecule has 1 heterocycles. The molecular weight excluding hydrogens is 410 g/mol. The molecule has 0 aromatic heterocycles. The number of hydrogen-bond donors (Lipinski definition) is 2. The van der Waals surface area contributed by atoms with Crippen molar-refractivity contribution in [1.82, 2.24) is 10.2 Å². The minimum atomic E-state index is -1.31. The van der Waals surface area contributed by atoms with Crippen LogP contribution in [0.1, 0.15) is 11.1 Å². The lowest BCUT2D eigenvalue weighted by atomic mass is 10.1. The van der Waals surface area contributed by atoms with Gasteiger partial charge in [-0.15, -0.1) is 0 Å². The Morgan fingerprint density at radius 3 is 2.68 bits per heavy atom. The molecule has 1 fully saturated rings. The molecule has 0 saturated carbocycles. The zero-order valence-electron chi connectivity index (χ0n) is 16.2. The summed E-state index contributed by atoms with van der Waals surface area (Å²) in [5.74, 6) is -1.36. The summed E-state index contributed by atoms with van der Waals surface area (Å²) in [6, 6.07) is 9.98. The highest BCUT2D eigenvalue weighted by molar-refractivity contribution is 6.15. The van der Waals surface area contributed by atoms with Crippen LogP contribution in [0.3, 0.4) is 0 Å². The van der Waals surface area contributed by atoms with E-state index in [-0.39, 0.29) is 18.0 Å². The van der Waals surface area contributed by atoms with Crippen molar-refractivity contribution in [2.24, 2.45) is 0 Å². The number of aliphatic carboxylic acids is 1. The van der Waals surface area contributed by atoms with Crippen molar-refractivity contribution in [1.29, 1.82) is 0 Å². The first-order valence-electron chi connectivity index (χ1n) is 8.89. The standard InChI is InChI=1S/C20H17N3O8/c1-30-17-9-12(8-15-19(26)22(10-18(24)25)20(27)21-15)5-6-16(17)31-11-13-3-2-4-14(7-13)23(28)29/h2-9H,10-11H2,1H3,(H,21,27)(H,24,25)/b15-8+. The first-order valence-corrected chi connectivity index (χ1v) is 8.89. The number of hydrogen-bond acceptors (Lipinski definition) is 7. The molecule has 3 amide bonds. The first kappa shape index (κ1) is 21.3. The van der Waals surface area contributed by atoms with Crippen LogP contribution in [-0.4, -0.2) is 46.5 Å². The zero-order chi connectivity index (χ0) is 22.5.